The molecule has 0 amide bonds. The fourth-order valence-corrected chi connectivity index (χ4v) is 3.03. The summed E-state index contributed by atoms with van der Waals surface area (Å²) in [5.41, 5.74) is 2.79. The molecule has 1 heterocycles. The number of rotatable bonds is 4. The maximum Gasteiger partial charge on any atom is 0.123 e. The molecule has 1 aliphatic heterocycles. The first kappa shape index (κ1) is 12.0. The Kier molecular flexibility index (Phi) is 2.86. The number of hydrogen-bond donors (Lipinski definition) is 1. The molecule has 0 aromatic heterocycles. The molecule has 3 rings (SSSR count). The second-order valence-electron chi connectivity index (χ2n) is 6.28. The minimum Gasteiger partial charge on any atom is -0.487 e. The predicted molar refractivity (Wildman–Crippen MR) is 74.0 cm³/mol. The van der Waals surface area contributed by atoms with Crippen molar-refractivity contribution >= 4 is 0 Å². The van der Waals surface area contributed by atoms with Crippen LogP contribution in [-0.4, -0.2) is 12.1 Å². The Hall–Kier alpha value is -1.02. The van der Waals surface area contributed by atoms with Crippen LogP contribution < -0.4 is 10.1 Å². The van der Waals surface area contributed by atoms with E-state index in [2.05, 4.69) is 44.3 Å². The van der Waals surface area contributed by atoms with Gasteiger partial charge in [0, 0.05) is 12.5 Å². The molecule has 0 saturated heterocycles. The fourth-order valence-electron chi connectivity index (χ4n) is 3.03. The minimum atomic E-state index is -0.0335. The van der Waals surface area contributed by atoms with Crippen LogP contribution in [-0.2, 0) is 6.42 Å². The maximum atomic E-state index is 5.94. The normalized spacial score (nSPS) is 22.4. The van der Waals surface area contributed by atoms with Crippen LogP contribution in [0.2, 0.25) is 0 Å². The lowest BCUT2D eigenvalue weighted by molar-refractivity contribution is 0.138. The highest BCUT2D eigenvalue weighted by Crippen LogP contribution is 2.43. The molecule has 2 aliphatic rings. The molecule has 1 saturated carbocycles. The van der Waals surface area contributed by atoms with Gasteiger partial charge in [0.2, 0.25) is 0 Å². The van der Waals surface area contributed by atoms with Crippen LogP contribution in [0, 0.1) is 5.92 Å². The monoisotopic (exact) mass is 245 g/mol. The van der Waals surface area contributed by atoms with E-state index in [1.165, 1.54) is 24.0 Å². The van der Waals surface area contributed by atoms with Gasteiger partial charge in [-0.25, -0.2) is 0 Å². The van der Waals surface area contributed by atoms with Crippen molar-refractivity contribution in [1.82, 2.24) is 5.32 Å². The molecule has 2 nitrogen and oxygen atoms in total. The summed E-state index contributed by atoms with van der Waals surface area (Å²) in [5, 5.41) is 3.63. The van der Waals surface area contributed by atoms with Crippen molar-refractivity contribution in [3.8, 4) is 5.75 Å². The molecule has 1 aliphatic carbocycles. The van der Waals surface area contributed by atoms with Gasteiger partial charge < -0.3 is 10.1 Å². The Morgan fingerprint density at radius 3 is 2.83 bits per heavy atom. The summed E-state index contributed by atoms with van der Waals surface area (Å²) >= 11 is 0. The van der Waals surface area contributed by atoms with Crippen LogP contribution in [0.5, 0.6) is 5.75 Å². The van der Waals surface area contributed by atoms with Crippen molar-refractivity contribution in [2.75, 3.05) is 6.54 Å². The number of benzene rings is 1. The van der Waals surface area contributed by atoms with E-state index >= 15 is 0 Å². The van der Waals surface area contributed by atoms with Crippen LogP contribution in [0.25, 0.3) is 0 Å². The Bertz CT molecular complexity index is 448. The standard InChI is InChI=1S/C16H23NO/c1-4-17-15(11-5-6-11)12-7-8-14-13(9-12)10-16(2,3)18-14/h7-9,11,15,17H,4-6,10H2,1-3H3. The van der Waals surface area contributed by atoms with Crippen molar-refractivity contribution in [3.05, 3.63) is 29.3 Å². The van der Waals surface area contributed by atoms with Crippen molar-refractivity contribution < 1.29 is 4.74 Å². The number of ether oxygens (including phenoxy) is 1. The van der Waals surface area contributed by atoms with Gasteiger partial charge in [-0.15, -0.1) is 0 Å². The third-order valence-electron chi connectivity index (χ3n) is 3.96. The second kappa shape index (κ2) is 4.27. The average Bonchev–Trinajstić information content (AvgIpc) is 3.07. The van der Waals surface area contributed by atoms with Gasteiger partial charge in [0.1, 0.15) is 11.4 Å². The number of hydrogen-bond acceptors (Lipinski definition) is 2. The largest absolute Gasteiger partial charge is 0.487 e. The van der Waals surface area contributed by atoms with E-state index in [1.54, 1.807) is 0 Å². The molecule has 1 aromatic rings. The highest BCUT2D eigenvalue weighted by molar-refractivity contribution is 5.43. The highest BCUT2D eigenvalue weighted by atomic mass is 16.5. The van der Waals surface area contributed by atoms with Crippen LogP contribution >= 0.6 is 0 Å². The number of fused-ring (bicyclic) bond motifs is 1. The third kappa shape index (κ3) is 2.26. The topological polar surface area (TPSA) is 21.3 Å². The predicted octanol–water partition coefficient (Wildman–Crippen LogP) is 3.46. The van der Waals surface area contributed by atoms with Gasteiger partial charge in [-0.3, -0.25) is 0 Å². The quantitative estimate of drug-likeness (QED) is 0.877. The lowest BCUT2D eigenvalue weighted by Gasteiger charge is -2.18. The van der Waals surface area contributed by atoms with E-state index in [1.807, 2.05) is 0 Å². The van der Waals surface area contributed by atoms with Crippen molar-refractivity contribution in [1.29, 1.82) is 0 Å². The molecule has 2 heteroatoms. The van der Waals surface area contributed by atoms with Crippen molar-refractivity contribution in [2.24, 2.45) is 5.92 Å². The zero-order chi connectivity index (χ0) is 12.8. The summed E-state index contributed by atoms with van der Waals surface area (Å²) in [6.45, 7) is 7.56. The summed E-state index contributed by atoms with van der Waals surface area (Å²) in [6, 6.07) is 7.30. The van der Waals surface area contributed by atoms with Crippen LogP contribution in [0.3, 0.4) is 0 Å². The van der Waals surface area contributed by atoms with E-state index in [-0.39, 0.29) is 5.60 Å². The fraction of sp³-hybridized carbons (Fsp3) is 0.625. The first-order chi connectivity index (χ1) is 8.59. The molecule has 0 bridgehead atoms. The molecule has 1 unspecified atom stereocenters. The molecule has 1 fully saturated rings. The summed E-state index contributed by atoms with van der Waals surface area (Å²) in [6.07, 6.45) is 3.77. The maximum absolute atomic E-state index is 5.94. The molecule has 0 spiro atoms. The van der Waals surface area contributed by atoms with Crippen LogP contribution in [0.4, 0.5) is 0 Å². The van der Waals surface area contributed by atoms with E-state index in [9.17, 15) is 0 Å². The van der Waals surface area contributed by atoms with Gasteiger partial charge >= 0.3 is 0 Å². The first-order valence-electron chi connectivity index (χ1n) is 7.14. The summed E-state index contributed by atoms with van der Waals surface area (Å²) < 4.78 is 5.94. The molecular weight excluding hydrogens is 222 g/mol. The molecule has 0 radical (unpaired) electrons. The van der Waals surface area contributed by atoms with Crippen LogP contribution in [0.15, 0.2) is 18.2 Å². The first-order valence-corrected chi connectivity index (χ1v) is 7.14. The van der Waals surface area contributed by atoms with E-state index in [0.717, 1.165) is 24.6 Å². The summed E-state index contributed by atoms with van der Waals surface area (Å²) in [5.74, 6) is 1.92. The molecule has 98 valence electrons. The van der Waals surface area contributed by atoms with Gasteiger partial charge in [0.25, 0.3) is 0 Å². The van der Waals surface area contributed by atoms with Gasteiger partial charge in [-0.1, -0.05) is 19.1 Å². The van der Waals surface area contributed by atoms with Gasteiger partial charge in [-0.05, 0) is 56.3 Å². The Balaban J connectivity index is 1.86. The van der Waals surface area contributed by atoms with Crippen molar-refractivity contribution in [3.63, 3.8) is 0 Å². The second-order valence-corrected chi connectivity index (χ2v) is 6.28. The molecule has 1 atom stereocenters. The molecule has 1 N–H and O–H groups in total. The zero-order valence-corrected chi connectivity index (χ0v) is 11.6. The molecule has 18 heavy (non-hydrogen) atoms. The SMILES string of the molecule is CCNC(c1ccc2c(c1)CC(C)(C)O2)C1CC1. The zero-order valence-electron chi connectivity index (χ0n) is 11.6. The smallest absolute Gasteiger partial charge is 0.123 e. The van der Waals surface area contributed by atoms with E-state index in [0.29, 0.717) is 6.04 Å². The lowest BCUT2D eigenvalue weighted by Crippen LogP contribution is -2.24. The van der Waals surface area contributed by atoms with Gasteiger partial charge in [-0.2, -0.15) is 0 Å². The highest BCUT2D eigenvalue weighted by Gasteiger charge is 2.34. The average molecular weight is 245 g/mol. The summed E-state index contributed by atoms with van der Waals surface area (Å²) in [7, 11) is 0. The van der Waals surface area contributed by atoms with Crippen molar-refractivity contribution in [2.45, 2.75) is 51.7 Å². The summed E-state index contributed by atoms with van der Waals surface area (Å²) in [4.78, 5) is 0. The van der Waals surface area contributed by atoms with E-state index < -0.39 is 0 Å². The lowest BCUT2D eigenvalue weighted by atomic mass is 9.96. The van der Waals surface area contributed by atoms with Crippen LogP contribution in [0.1, 0.15) is 50.8 Å². The Labute approximate surface area is 110 Å². The van der Waals surface area contributed by atoms with Gasteiger partial charge in [0.15, 0.2) is 0 Å². The van der Waals surface area contributed by atoms with Gasteiger partial charge in [0.05, 0.1) is 0 Å². The molecular formula is C16H23NO. The Morgan fingerprint density at radius 2 is 2.17 bits per heavy atom. The third-order valence-corrected chi connectivity index (χ3v) is 3.96. The Morgan fingerprint density at radius 1 is 1.39 bits per heavy atom. The molecule has 1 aromatic carbocycles. The minimum absolute atomic E-state index is 0.0335. The number of nitrogens with one attached hydrogen (secondary N) is 1. The van der Waals surface area contributed by atoms with E-state index in [4.69, 9.17) is 4.74 Å².